The van der Waals surface area contributed by atoms with Crippen molar-refractivity contribution in [3.63, 3.8) is 0 Å². The predicted octanol–water partition coefficient (Wildman–Crippen LogP) is 6.22. The zero-order chi connectivity index (χ0) is 26.6. The van der Waals surface area contributed by atoms with E-state index in [-0.39, 0.29) is 11.6 Å². The van der Waals surface area contributed by atoms with Crippen molar-refractivity contribution in [1.82, 2.24) is 20.4 Å². The molecule has 1 N–H and O–H groups in total. The number of carbonyl (C=O) groups is 2. The van der Waals surface area contributed by atoms with Gasteiger partial charge in [-0.25, -0.2) is 19.8 Å². The molecule has 1 aromatic heterocycles. The predicted molar refractivity (Wildman–Crippen MR) is 142 cm³/mol. The number of amides is 1. The fraction of sp³-hybridized carbons (Fsp3) is 0.357. The number of benzene rings is 2. The molecular weight excluding hydrogens is 492 g/mol. The van der Waals surface area contributed by atoms with Crippen LogP contribution in [0.1, 0.15) is 56.1 Å². The number of nitrogens with zero attached hydrogens (tertiary/aromatic N) is 3. The standard InChI is InChI=1S/C28H31ClN4O4/c1-18-8-10-19(11-9-18)22-23(20-12-14-21(29)15-13-20)31-26(36-27(35)37-28(2,3)4)24(30-22)25(34)32-33-16-6-5-7-17-33/h8-15H,5-7,16-17H2,1-4H3,(H,32,34). The van der Waals surface area contributed by atoms with Gasteiger partial charge in [0.25, 0.3) is 11.8 Å². The molecule has 0 radical (unpaired) electrons. The number of carbonyl (C=O) groups excluding carboxylic acids is 2. The van der Waals surface area contributed by atoms with Crippen molar-refractivity contribution in [2.45, 2.75) is 52.6 Å². The van der Waals surface area contributed by atoms with Crippen molar-refractivity contribution in [3.05, 3.63) is 64.8 Å². The number of hydrogen-bond acceptors (Lipinski definition) is 7. The van der Waals surface area contributed by atoms with Gasteiger partial charge in [-0.15, -0.1) is 0 Å². The number of halogens is 1. The number of ether oxygens (including phenoxy) is 2. The fourth-order valence-electron chi connectivity index (χ4n) is 3.91. The van der Waals surface area contributed by atoms with Crippen molar-refractivity contribution < 1.29 is 19.1 Å². The maximum absolute atomic E-state index is 13.4. The van der Waals surface area contributed by atoms with Gasteiger partial charge in [0.05, 0.1) is 5.69 Å². The summed E-state index contributed by atoms with van der Waals surface area (Å²) in [5, 5.41) is 2.42. The van der Waals surface area contributed by atoms with Crippen molar-refractivity contribution >= 4 is 23.7 Å². The van der Waals surface area contributed by atoms with E-state index in [1.54, 1.807) is 45.0 Å². The van der Waals surface area contributed by atoms with Crippen LogP contribution in [0.4, 0.5) is 4.79 Å². The van der Waals surface area contributed by atoms with Gasteiger partial charge in [0.2, 0.25) is 0 Å². The molecule has 0 bridgehead atoms. The number of rotatable bonds is 5. The number of hydrogen-bond donors (Lipinski definition) is 1. The molecule has 2 aromatic carbocycles. The molecule has 0 spiro atoms. The minimum Gasteiger partial charge on any atom is -0.428 e. The first kappa shape index (κ1) is 26.6. The highest BCUT2D eigenvalue weighted by atomic mass is 35.5. The Balaban J connectivity index is 1.84. The minimum atomic E-state index is -0.973. The highest BCUT2D eigenvalue weighted by molar-refractivity contribution is 6.30. The average Bonchev–Trinajstić information content (AvgIpc) is 2.84. The second-order valence-electron chi connectivity index (χ2n) is 10.0. The van der Waals surface area contributed by atoms with E-state index < -0.39 is 17.7 Å². The molecule has 1 amide bonds. The first-order chi connectivity index (χ1) is 17.6. The first-order valence-corrected chi connectivity index (χ1v) is 12.7. The second-order valence-corrected chi connectivity index (χ2v) is 10.4. The number of aromatic nitrogens is 2. The summed E-state index contributed by atoms with van der Waals surface area (Å²) in [5.74, 6) is -0.742. The first-order valence-electron chi connectivity index (χ1n) is 12.3. The average molecular weight is 523 g/mol. The van der Waals surface area contributed by atoms with Crippen LogP contribution in [0.15, 0.2) is 48.5 Å². The van der Waals surface area contributed by atoms with Crippen LogP contribution in [0, 0.1) is 6.92 Å². The molecule has 1 saturated heterocycles. The fourth-order valence-corrected chi connectivity index (χ4v) is 4.04. The molecule has 2 heterocycles. The van der Waals surface area contributed by atoms with Crippen LogP contribution in [0.5, 0.6) is 5.88 Å². The Labute approximate surface area is 221 Å². The zero-order valence-corrected chi connectivity index (χ0v) is 22.3. The SMILES string of the molecule is Cc1ccc(-c2nc(C(=O)NN3CCCCC3)c(OC(=O)OC(C)(C)C)nc2-c2ccc(Cl)cc2)cc1. The molecule has 9 heteroatoms. The Bertz CT molecular complexity index is 1270. The van der Waals surface area contributed by atoms with Crippen molar-refractivity contribution in [3.8, 4) is 28.4 Å². The lowest BCUT2D eigenvalue weighted by molar-refractivity contribution is 0.0194. The summed E-state index contributed by atoms with van der Waals surface area (Å²) in [7, 11) is 0. The van der Waals surface area contributed by atoms with Crippen LogP contribution >= 0.6 is 11.6 Å². The topological polar surface area (TPSA) is 93.7 Å². The summed E-state index contributed by atoms with van der Waals surface area (Å²) in [4.78, 5) is 35.4. The Morgan fingerprint density at radius 2 is 1.46 bits per heavy atom. The largest absolute Gasteiger partial charge is 0.515 e. The normalized spacial score (nSPS) is 14.2. The molecular formula is C28H31ClN4O4. The minimum absolute atomic E-state index is 0.107. The molecule has 1 aliphatic rings. The van der Waals surface area contributed by atoms with E-state index in [9.17, 15) is 9.59 Å². The van der Waals surface area contributed by atoms with E-state index in [1.165, 1.54) is 0 Å². The van der Waals surface area contributed by atoms with Gasteiger partial charge in [-0.3, -0.25) is 10.2 Å². The van der Waals surface area contributed by atoms with Crippen LogP contribution in [-0.4, -0.2) is 45.7 Å². The highest BCUT2D eigenvalue weighted by Gasteiger charge is 2.28. The second kappa shape index (κ2) is 11.3. The van der Waals surface area contributed by atoms with Gasteiger partial charge in [0.1, 0.15) is 11.3 Å². The maximum Gasteiger partial charge on any atom is 0.515 e. The Morgan fingerprint density at radius 3 is 2.05 bits per heavy atom. The van der Waals surface area contributed by atoms with Crippen LogP contribution in [-0.2, 0) is 4.74 Å². The van der Waals surface area contributed by atoms with Gasteiger partial charge in [-0.05, 0) is 52.7 Å². The Morgan fingerprint density at radius 1 is 0.892 bits per heavy atom. The smallest absolute Gasteiger partial charge is 0.428 e. The van der Waals surface area contributed by atoms with Gasteiger partial charge in [-0.1, -0.05) is 60.0 Å². The molecule has 194 valence electrons. The van der Waals surface area contributed by atoms with Crippen LogP contribution in [0.2, 0.25) is 5.02 Å². The Hall–Kier alpha value is -3.49. The van der Waals surface area contributed by atoms with Gasteiger partial charge in [-0.2, -0.15) is 0 Å². The maximum atomic E-state index is 13.4. The molecule has 0 atom stereocenters. The van der Waals surface area contributed by atoms with Crippen molar-refractivity contribution in [2.24, 2.45) is 0 Å². The third-order valence-corrected chi connectivity index (χ3v) is 5.96. The molecule has 3 aromatic rings. The molecule has 4 rings (SSSR count). The van der Waals surface area contributed by atoms with E-state index in [4.69, 9.17) is 26.1 Å². The van der Waals surface area contributed by atoms with Gasteiger partial charge < -0.3 is 9.47 Å². The molecule has 0 saturated carbocycles. The van der Waals surface area contributed by atoms with E-state index >= 15 is 0 Å². The Kier molecular flexibility index (Phi) is 8.10. The molecule has 37 heavy (non-hydrogen) atoms. The van der Waals surface area contributed by atoms with E-state index in [1.807, 2.05) is 36.2 Å². The number of hydrazine groups is 1. The molecule has 8 nitrogen and oxygen atoms in total. The number of nitrogens with one attached hydrogen (secondary N) is 1. The summed E-state index contributed by atoms with van der Waals surface area (Å²) in [5.41, 5.74) is 5.45. The molecule has 1 aliphatic heterocycles. The molecule has 0 unspecified atom stereocenters. The van der Waals surface area contributed by atoms with Crippen molar-refractivity contribution in [2.75, 3.05) is 13.1 Å². The van der Waals surface area contributed by atoms with Crippen LogP contribution in [0.25, 0.3) is 22.5 Å². The van der Waals surface area contributed by atoms with Crippen molar-refractivity contribution in [1.29, 1.82) is 0 Å². The third-order valence-electron chi connectivity index (χ3n) is 5.71. The lowest BCUT2D eigenvalue weighted by Gasteiger charge is -2.27. The van der Waals surface area contributed by atoms with Gasteiger partial charge in [0.15, 0.2) is 5.69 Å². The lowest BCUT2D eigenvalue weighted by atomic mass is 10.0. The van der Waals surface area contributed by atoms with Crippen LogP contribution in [0.3, 0.4) is 0 Å². The van der Waals surface area contributed by atoms with Crippen LogP contribution < -0.4 is 10.2 Å². The monoisotopic (exact) mass is 522 g/mol. The molecule has 0 aliphatic carbocycles. The zero-order valence-electron chi connectivity index (χ0n) is 21.5. The number of piperidine rings is 1. The highest BCUT2D eigenvalue weighted by Crippen LogP contribution is 2.33. The summed E-state index contributed by atoms with van der Waals surface area (Å²) < 4.78 is 10.8. The van der Waals surface area contributed by atoms with Gasteiger partial charge in [0, 0.05) is 29.2 Å². The number of aryl methyl sites for hydroxylation is 1. The summed E-state index contributed by atoms with van der Waals surface area (Å²) in [6, 6.07) is 14.8. The quantitative estimate of drug-likeness (QED) is 0.398. The van der Waals surface area contributed by atoms with E-state index in [0.717, 1.165) is 43.5 Å². The summed E-state index contributed by atoms with van der Waals surface area (Å²) in [6.45, 7) is 8.63. The van der Waals surface area contributed by atoms with Gasteiger partial charge >= 0.3 is 6.16 Å². The van der Waals surface area contributed by atoms with E-state index in [0.29, 0.717) is 22.0 Å². The lowest BCUT2D eigenvalue weighted by Crippen LogP contribution is -2.45. The van der Waals surface area contributed by atoms with E-state index in [2.05, 4.69) is 10.4 Å². The third kappa shape index (κ3) is 7.05. The summed E-state index contributed by atoms with van der Waals surface area (Å²) >= 11 is 6.11. The molecule has 1 fully saturated rings. The summed E-state index contributed by atoms with van der Waals surface area (Å²) in [6.07, 6.45) is 2.11.